The molecule has 0 atom stereocenters. The number of hydrogen-bond donors (Lipinski definition) is 2. The molecular weight excluding hydrogens is 258 g/mol. The monoisotopic (exact) mass is 283 g/mol. The van der Waals surface area contributed by atoms with Gasteiger partial charge in [-0.05, 0) is 42.9 Å². The highest BCUT2D eigenvalue weighted by Crippen LogP contribution is 2.33. The van der Waals surface area contributed by atoms with Crippen LogP contribution in [0.3, 0.4) is 0 Å². The molecule has 3 nitrogen and oxygen atoms in total. The average molecular weight is 283 g/mol. The van der Waals surface area contributed by atoms with Gasteiger partial charge in [-0.25, -0.2) is 0 Å². The largest absolute Gasteiger partial charge is 0.382 e. The Morgan fingerprint density at radius 1 is 1.14 bits per heavy atom. The molecule has 1 fully saturated rings. The number of aromatic nitrogens is 2. The van der Waals surface area contributed by atoms with Gasteiger partial charge in [0.05, 0.1) is 0 Å². The third-order valence-electron chi connectivity index (χ3n) is 4.88. The zero-order valence-corrected chi connectivity index (χ0v) is 13.1. The average Bonchev–Trinajstić information content (AvgIpc) is 2.84. The maximum absolute atomic E-state index is 6.12. The first-order valence-corrected chi connectivity index (χ1v) is 8.05. The fourth-order valence-corrected chi connectivity index (χ4v) is 3.44. The number of anilines is 1. The second kappa shape index (κ2) is 5.92. The fourth-order valence-electron chi connectivity index (χ4n) is 3.44. The molecule has 0 unspecified atom stereocenters. The molecule has 1 aromatic carbocycles. The van der Waals surface area contributed by atoms with Gasteiger partial charge in [-0.15, -0.1) is 0 Å². The highest BCUT2D eigenvalue weighted by Gasteiger charge is 2.19. The molecule has 3 N–H and O–H groups in total. The van der Waals surface area contributed by atoms with Gasteiger partial charge in [0.2, 0.25) is 0 Å². The first-order valence-electron chi connectivity index (χ1n) is 8.05. The SMILES string of the molecule is Cc1ccc(-c2c(N)n[nH]c2CC2CCCCC2)cc1C. The van der Waals surface area contributed by atoms with Crippen LogP contribution in [0.4, 0.5) is 5.82 Å². The number of H-pyrrole nitrogens is 1. The number of nitrogens with one attached hydrogen (secondary N) is 1. The molecular formula is C18H25N3. The van der Waals surface area contributed by atoms with Crippen LogP contribution in [0.5, 0.6) is 0 Å². The van der Waals surface area contributed by atoms with Gasteiger partial charge in [0.1, 0.15) is 0 Å². The lowest BCUT2D eigenvalue weighted by Crippen LogP contribution is -2.10. The minimum atomic E-state index is 0.629. The number of rotatable bonds is 3. The third-order valence-corrected chi connectivity index (χ3v) is 4.88. The van der Waals surface area contributed by atoms with Crippen molar-refractivity contribution in [3.8, 4) is 11.1 Å². The van der Waals surface area contributed by atoms with Crippen molar-refractivity contribution in [3.63, 3.8) is 0 Å². The minimum absolute atomic E-state index is 0.629. The van der Waals surface area contributed by atoms with Crippen LogP contribution in [-0.2, 0) is 6.42 Å². The summed E-state index contributed by atoms with van der Waals surface area (Å²) in [5, 5.41) is 7.44. The number of nitrogens with zero attached hydrogens (tertiary/aromatic N) is 1. The summed E-state index contributed by atoms with van der Waals surface area (Å²) in [5.74, 6) is 1.41. The molecule has 112 valence electrons. The number of nitrogens with two attached hydrogens (primary N) is 1. The molecule has 1 aliphatic rings. The lowest BCUT2D eigenvalue weighted by Gasteiger charge is -2.21. The predicted molar refractivity (Wildman–Crippen MR) is 88.2 cm³/mol. The van der Waals surface area contributed by atoms with Crippen molar-refractivity contribution in [2.24, 2.45) is 5.92 Å². The van der Waals surface area contributed by atoms with E-state index in [0.717, 1.165) is 17.9 Å². The van der Waals surface area contributed by atoms with Gasteiger partial charge in [-0.1, -0.05) is 50.3 Å². The van der Waals surface area contributed by atoms with E-state index in [1.807, 2.05) is 0 Å². The van der Waals surface area contributed by atoms with Crippen LogP contribution >= 0.6 is 0 Å². The van der Waals surface area contributed by atoms with Gasteiger partial charge in [0, 0.05) is 11.3 Å². The molecule has 3 rings (SSSR count). The molecule has 0 aliphatic heterocycles. The first kappa shape index (κ1) is 14.2. The molecule has 3 heteroatoms. The van der Waals surface area contributed by atoms with E-state index < -0.39 is 0 Å². The van der Waals surface area contributed by atoms with Crippen molar-refractivity contribution >= 4 is 5.82 Å². The van der Waals surface area contributed by atoms with E-state index >= 15 is 0 Å². The van der Waals surface area contributed by atoms with Crippen molar-refractivity contribution in [1.82, 2.24) is 10.2 Å². The standard InChI is InChI=1S/C18H25N3/c1-12-8-9-15(10-13(12)2)17-16(20-21-18(17)19)11-14-6-4-3-5-7-14/h8-10,14H,3-7,11H2,1-2H3,(H3,19,20,21). The van der Waals surface area contributed by atoms with Gasteiger partial charge in [0.25, 0.3) is 0 Å². The molecule has 0 saturated heterocycles. The van der Waals surface area contributed by atoms with E-state index in [0.29, 0.717) is 5.82 Å². The van der Waals surface area contributed by atoms with Crippen molar-refractivity contribution in [2.75, 3.05) is 5.73 Å². The van der Waals surface area contributed by atoms with Crippen LogP contribution in [0.25, 0.3) is 11.1 Å². The first-order chi connectivity index (χ1) is 10.1. The Kier molecular flexibility index (Phi) is 4.00. The number of nitrogen functional groups attached to an aromatic ring is 1. The molecule has 0 bridgehead atoms. The van der Waals surface area contributed by atoms with Crippen LogP contribution in [0.15, 0.2) is 18.2 Å². The van der Waals surface area contributed by atoms with E-state index in [4.69, 9.17) is 5.73 Å². The summed E-state index contributed by atoms with van der Waals surface area (Å²) in [4.78, 5) is 0. The summed E-state index contributed by atoms with van der Waals surface area (Å²) in [6.45, 7) is 4.29. The summed E-state index contributed by atoms with van der Waals surface area (Å²) in [7, 11) is 0. The van der Waals surface area contributed by atoms with Crippen molar-refractivity contribution < 1.29 is 0 Å². The lowest BCUT2D eigenvalue weighted by atomic mass is 9.85. The van der Waals surface area contributed by atoms with Gasteiger partial charge < -0.3 is 5.73 Å². The van der Waals surface area contributed by atoms with Crippen molar-refractivity contribution in [1.29, 1.82) is 0 Å². The smallest absolute Gasteiger partial charge is 0.153 e. The van der Waals surface area contributed by atoms with E-state index in [1.165, 1.54) is 54.5 Å². The Hall–Kier alpha value is -1.77. The van der Waals surface area contributed by atoms with Gasteiger partial charge >= 0.3 is 0 Å². The summed E-state index contributed by atoms with van der Waals surface area (Å²) in [6, 6.07) is 6.55. The number of aryl methyl sites for hydroxylation is 2. The predicted octanol–water partition coefficient (Wildman–Crippen LogP) is 4.40. The minimum Gasteiger partial charge on any atom is -0.382 e. The Morgan fingerprint density at radius 2 is 1.90 bits per heavy atom. The van der Waals surface area contributed by atoms with Crippen LogP contribution in [0.1, 0.15) is 48.9 Å². The van der Waals surface area contributed by atoms with Crippen LogP contribution in [-0.4, -0.2) is 10.2 Å². The molecule has 0 spiro atoms. The van der Waals surface area contributed by atoms with E-state index in [1.54, 1.807) is 0 Å². The van der Waals surface area contributed by atoms with Gasteiger partial charge in [-0.2, -0.15) is 5.10 Å². The fraction of sp³-hybridized carbons (Fsp3) is 0.500. The van der Waals surface area contributed by atoms with Gasteiger partial charge in [0.15, 0.2) is 5.82 Å². The Balaban J connectivity index is 1.90. The van der Waals surface area contributed by atoms with Crippen molar-refractivity contribution in [2.45, 2.75) is 52.4 Å². The Morgan fingerprint density at radius 3 is 2.62 bits per heavy atom. The summed E-state index contributed by atoms with van der Waals surface area (Å²) >= 11 is 0. The third kappa shape index (κ3) is 2.97. The summed E-state index contributed by atoms with van der Waals surface area (Å²) in [6.07, 6.45) is 7.88. The molecule has 1 aliphatic carbocycles. The van der Waals surface area contributed by atoms with Crippen LogP contribution in [0.2, 0.25) is 0 Å². The highest BCUT2D eigenvalue weighted by atomic mass is 15.2. The topological polar surface area (TPSA) is 54.7 Å². The molecule has 1 heterocycles. The van der Waals surface area contributed by atoms with Gasteiger partial charge in [-0.3, -0.25) is 5.10 Å². The number of hydrogen-bond acceptors (Lipinski definition) is 2. The van der Waals surface area contributed by atoms with Crippen molar-refractivity contribution in [3.05, 3.63) is 35.0 Å². The molecule has 1 aromatic heterocycles. The number of benzene rings is 1. The van der Waals surface area contributed by atoms with Crippen LogP contribution in [0, 0.1) is 19.8 Å². The Labute approximate surface area is 127 Å². The molecule has 21 heavy (non-hydrogen) atoms. The molecule has 1 saturated carbocycles. The second-order valence-corrected chi connectivity index (χ2v) is 6.47. The lowest BCUT2D eigenvalue weighted by molar-refractivity contribution is 0.354. The summed E-state index contributed by atoms with van der Waals surface area (Å²) in [5.41, 5.74) is 12.3. The number of aromatic amines is 1. The molecule has 0 amide bonds. The summed E-state index contributed by atoms with van der Waals surface area (Å²) < 4.78 is 0. The zero-order valence-electron chi connectivity index (χ0n) is 13.1. The zero-order chi connectivity index (χ0) is 14.8. The quantitative estimate of drug-likeness (QED) is 0.877. The highest BCUT2D eigenvalue weighted by molar-refractivity contribution is 5.76. The normalized spacial score (nSPS) is 16.3. The maximum Gasteiger partial charge on any atom is 0.153 e. The second-order valence-electron chi connectivity index (χ2n) is 6.47. The Bertz CT molecular complexity index is 621. The van der Waals surface area contributed by atoms with E-state index in [9.17, 15) is 0 Å². The van der Waals surface area contributed by atoms with E-state index in [2.05, 4.69) is 42.2 Å². The van der Waals surface area contributed by atoms with E-state index in [-0.39, 0.29) is 0 Å². The maximum atomic E-state index is 6.12. The van der Waals surface area contributed by atoms with Crippen LogP contribution < -0.4 is 5.73 Å². The molecule has 2 aromatic rings. The molecule has 0 radical (unpaired) electrons.